The van der Waals surface area contributed by atoms with Crippen LogP contribution >= 0.6 is 11.6 Å². The van der Waals surface area contributed by atoms with E-state index in [4.69, 9.17) is 11.6 Å². The quantitative estimate of drug-likeness (QED) is 0.776. The Morgan fingerprint density at radius 3 is 2.53 bits per heavy atom. The number of benzene rings is 1. The van der Waals surface area contributed by atoms with Gasteiger partial charge >= 0.3 is 0 Å². The van der Waals surface area contributed by atoms with E-state index in [-0.39, 0.29) is 11.3 Å². The van der Waals surface area contributed by atoms with E-state index in [2.05, 4.69) is 0 Å². The molecule has 0 N–H and O–H groups in total. The van der Waals surface area contributed by atoms with Crippen LogP contribution in [0.15, 0.2) is 35.2 Å². The van der Waals surface area contributed by atoms with Crippen LogP contribution in [-0.4, -0.2) is 31.2 Å². The molecule has 1 fully saturated rings. The maximum absolute atomic E-state index is 12.3. The van der Waals surface area contributed by atoms with Crippen LogP contribution in [0.25, 0.3) is 0 Å². The first-order valence-corrected chi connectivity index (χ1v) is 7.59. The van der Waals surface area contributed by atoms with Crippen LogP contribution in [0.2, 0.25) is 0 Å². The van der Waals surface area contributed by atoms with Gasteiger partial charge in [-0.05, 0) is 24.5 Å². The molecule has 0 bridgehead atoms. The topological polar surface area (TPSA) is 37.4 Å². The summed E-state index contributed by atoms with van der Waals surface area (Å²) in [4.78, 5) is 0.361. The Balaban J connectivity index is 2.23. The van der Waals surface area contributed by atoms with E-state index >= 15 is 0 Å². The van der Waals surface area contributed by atoms with Crippen molar-refractivity contribution in [1.29, 1.82) is 0 Å². The SMILES string of the molecule is CC1CN(S(=O)(=O)c2ccccc2)CCC1Cl. The lowest BCUT2D eigenvalue weighted by Gasteiger charge is -2.33. The summed E-state index contributed by atoms with van der Waals surface area (Å²) in [5, 5.41) is 0.0808. The summed E-state index contributed by atoms with van der Waals surface area (Å²) in [5.41, 5.74) is 0. The summed E-state index contributed by atoms with van der Waals surface area (Å²) in [7, 11) is -3.34. The minimum atomic E-state index is -3.34. The fourth-order valence-corrected chi connectivity index (χ4v) is 3.79. The molecule has 2 rings (SSSR count). The number of hydrogen-bond donors (Lipinski definition) is 0. The van der Waals surface area contributed by atoms with Crippen LogP contribution in [-0.2, 0) is 10.0 Å². The highest BCUT2D eigenvalue weighted by Gasteiger charge is 2.32. The van der Waals surface area contributed by atoms with Gasteiger partial charge in [-0.2, -0.15) is 4.31 Å². The fraction of sp³-hybridized carbons (Fsp3) is 0.500. The average molecular weight is 274 g/mol. The van der Waals surface area contributed by atoms with Crippen molar-refractivity contribution < 1.29 is 8.42 Å². The van der Waals surface area contributed by atoms with Crippen molar-refractivity contribution in [2.24, 2.45) is 5.92 Å². The molecule has 17 heavy (non-hydrogen) atoms. The molecular formula is C12H16ClNO2S. The van der Waals surface area contributed by atoms with E-state index in [9.17, 15) is 8.42 Å². The molecule has 0 aliphatic carbocycles. The molecule has 2 atom stereocenters. The predicted molar refractivity (Wildman–Crippen MR) is 68.6 cm³/mol. The Bertz CT molecular complexity index is 475. The van der Waals surface area contributed by atoms with E-state index < -0.39 is 10.0 Å². The summed E-state index contributed by atoms with van der Waals surface area (Å²) < 4.78 is 26.2. The van der Waals surface area contributed by atoms with Gasteiger partial charge in [-0.25, -0.2) is 8.42 Å². The van der Waals surface area contributed by atoms with Crippen molar-refractivity contribution in [3.05, 3.63) is 30.3 Å². The lowest BCUT2D eigenvalue weighted by Crippen LogP contribution is -2.43. The molecule has 0 aromatic heterocycles. The summed E-state index contributed by atoms with van der Waals surface area (Å²) in [6, 6.07) is 8.56. The molecule has 3 nitrogen and oxygen atoms in total. The maximum atomic E-state index is 12.3. The van der Waals surface area contributed by atoms with Gasteiger partial charge in [0.25, 0.3) is 0 Å². The maximum Gasteiger partial charge on any atom is 0.243 e. The monoisotopic (exact) mass is 273 g/mol. The second-order valence-corrected chi connectivity index (χ2v) is 6.96. The number of rotatable bonds is 2. The number of nitrogens with zero attached hydrogens (tertiary/aromatic N) is 1. The van der Waals surface area contributed by atoms with Crippen LogP contribution in [0.1, 0.15) is 13.3 Å². The molecule has 1 aliphatic heterocycles. The van der Waals surface area contributed by atoms with Crippen LogP contribution in [0, 0.1) is 5.92 Å². The first-order chi connectivity index (χ1) is 8.01. The standard InChI is InChI=1S/C12H16ClNO2S/c1-10-9-14(8-7-12(10)13)17(15,16)11-5-3-2-4-6-11/h2-6,10,12H,7-9H2,1H3. The first-order valence-electron chi connectivity index (χ1n) is 5.71. The molecule has 1 aliphatic rings. The van der Waals surface area contributed by atoms with E-state index in [0.717, 1.165) is 6.42 Å². The highest BCUT2D eigenvalue weighted by atomic mass is 35.5. The molecule has 1 saturated heterocycles. The first kappa shape index (κ1) is 12.9. The fourth-order valence-electron chi connectivity index (χ4n) is 2.04. The zero-order valence-corrected chi connectivity index (χ0v) is 11.3. The minimum Gasteiger partial charge on any atom is -0.207 e. The van der Waals surface area contributed by atoms with Crippen LogP contribution in [0.3, 0.4) is 0 Å². The molecule has 2 unspecified atom stereocenters. The minimum absolute atomic E-state index is 0.0808. The van der Waals surface area contributed by atoms with Gasteiger partial charge in [0, 0.05) is 18.5 Å². The third-order valence-corrected chi connectivity index (χ3v) is 5.67. The lowest BCUT2D eigenvalue weighted by atomic mass is 10.0. The largest absolute Gasteiger partial charge is 0.243 e. The number of halogens is 1. The van der Waals surface area contributed by atoms with Crippen LogP contribution in [0.4, 0.5) is 0 Å². The van der Waals surface area contributed by atoms with Crippen molar-refractivity contribution in [3.63, 3.8) is 0 Å². The van der Waals surface area contributed by atoms with E-state index in [1.165, 1.54) is 4.31 Å². The average Bonchev–Trinajstić information content (AvgIpc) is 2.33. The van der Waals surface area contributed by atoms with Gasteiger partial charge < -0.3 is 0 Å². The number of alkyl halides is 1. The number of hydrogen-bond acceptors (Lipinski definition) is 2. The highest BCUT2D eigenvalue weighted by molar-refractivity contribution is 7.89. The molecule has 94 valence electrons. The smallest absolute Gasteiger partial charge is 0.207 e. The van der Waals surface area contributed by atoms with Crippen molar-refractivity contribution >= 4 is 21.6 Å². The Morgan fingerprint density at radius 1 is 1.29 bits per heavy atom. The zero-order valence-electron chi connectivity index (χ0n) is 9.71. The van der Waals surface area contributed by atoms with Gasteiger partial charge in [-0.1, -0.05) is 25.1 Å². The van der Waals surface area contributed by atoms with Crippen molar-refractivity contribution in [2.75, 3.05) is 13.1 Å². The molecule has 0 spiro atoms. The van der Waals surface area contributed by atoms with Crippen LogP contribution < -0.4 is 0 Å². The van der Waals surface area contributed by atoms with E-state index in [1.54, 1.807) is 24.3 Å². The normalized spacial score (nSPS) is 26.9. The number of sulfonamides is 1. The van der Waals surface area contributed by atoms with Crippen molar-refractivity contribution in [2.45, 2.75) is 23.6 Å². The zero-order chi connectivity index (χ0) is 12.5. The van der Waals surface area contributed by atoms with E-state index in [0.29, 0.717) is 18.0 Å². The Morgan fingerprint density at radius 2 is 1.94 bits per heavy atom. The summed E-state index contributed by atoms with van der Waals surface area (Å²) in [6.07, 6.45) is 0.717. The molecule has 0 radical (unpaired) electrons. The van der Waals surface area contributed by atoms with Gasteiger partial charge in [-0.3, -0.25) is 0 Å². The van der Waals surface area contributed by atoms with Gasteiger partial charge in [-0.15, -0.1) is 11.6 Å². The molecular weight excluding hydrogens is 258 g/mol. The Kier molecular flexibility index (Phi) is 3.76. The summed E-state index contributed by atoms with van der Waals surface area (Å²) >= 11 is 6.11. The van der Waals surface area contributed by atoms with Crippen molar-refractivity contribution in [3.8, 4) is 0 Å². The van der Waals surface area contributed by atoms with Gasteiger partial charge in [0.2, 0.25) is 10.0 Å². The van der Waals surface area contributed by atoms with Gasteiger partial charge in [0.15, 0.2) is 0 Å². The second kappa shape index (κ2) is 4.96. The van der Waals surface area contributed by atoms with E-state index in [1.807, 2.05) is 13.0 Å². The number of piperidine rings is 1. The summed E-state index contributed by atoms with van der Waals surface area (Å²) in [5.74, 6) is 0.198. The molecule has 1 aromatic carbocycles. The van der Waals surface area contributed by atoms with Gasteiger partial charge in [0.1, 0.15) is 0 Å². The molecule has 0 saturated carbocycles. The molecule has 5 heteroatoms. The van der Waals surface area contributed by atoms with Gasteiger partial charge in [0.05, 0.1) is 4.90 Å². The molecule has 1 aromatic rings. The second-order valence-electron chi connectivity index (χ2n) is 4.46. The molecule has 0 amide bonds. The van der Waals surface area contributed by atoms with Crippen LogP contribution in [0.5, 0.6) is 0 Å². The summed E-state index contributed by atoms with van der Waals surface area (Å²) in [6.45, 7) is 3.01. The Labute approximate surface area is 107 Å². The van der Waals surface area contributed by atoms with Crippen molar-refractivity contribution in [1.82, 2.24) is 4.31 Å². The third kappa shape index (κ3) is 2.64. The molecule has 1 heterocycles. The highest BCUT2D eigenvalue weighted by Crippen LogP contribution is 2.26. The predicted octanol–water partition coefficient (Wildman–Crippen LogP) is 2.32. The Hall–Kier alpha value is -0.580. The third-order valence-electron chi connectivity index (χ3n) is 3.14. The lowest BCUT2D eigenvalue weighted by molar-refractivity contribution is 0.286.